The van der Waals surface area contributed by atoms with E-state index >= 15 is 0 Å². The Balaban J connectivity index is 1.50. The molecule has 2 aliphatic rings. The molecule has 0 spiro atoms. The van der Waals surface area contributed by atoms with Crippen molar-refractivity contribution < 1.29 is 23.9 Å². The summed E-state index contributed by atoms with van der Waals surface area (Å²) in [5.74, 6) is -0.156. The summed E-state index contributed by atoms with van der Waals surface area (Å²) in [6.45, 7) is 1.07. The Hall–Kier alpha value is -2.18. The van der Waals surface area contributed by atoms with Crippen molar-refractivity contribution in [2.24, 2.45) is 11.8 Å². The molecular formula is C19H28N2O5. The topological polar surface area (TPSA) is 92.8 Å². The molecule has 0 aromatic carbocycles. The maximum atomic E-state index is 11.9. The molecule has 1 saturated carbocycles. The zero-order chi connectivity index (χ0) is 18.9. The van der Waals surface area contributed by atoms with Gasteiger partial charge in [-0.3, -0.25) is 24.1 Å². The monoisotopic (exact) mass is 364 g/mol. The Labute approximate surface area is 154 Å². The van der Waals surface area contributed by atoms with Gasteiger partial charge in [-0.15, -0.1) is 0 Å². The molecule has 7 heteroatoms. The summed E-state index contributed by atoms with van der Waals surface area (Å²) in [4.78, 5) is 47.4. The van der Waals surface area contributed by atoms with Crippen molar-refractivity contribution in [3.63, 3.8) is 0 Å². The van der Waals surface area contributed by atoms with Gasteiger partial charge in [-0.2, -0.15) is 0 Å². The highest BCUT2D eigenvalue weighted by Gasteiger charge is 2.27. The van der Waals surface area contributed by atoms with Crippen molar-refractivity contribution in [1.82, 2.24) is 10.2 Å². The van der Waals surface area contributed by atoms with Gasteiger partial charge < -0.3 is 10.1 Å². The zero-order valence-corrected chi connectivity index (χ0v) is 15.4. The van der Waals surface area contributed by atoms with E-state index in [4.69, 9.17) is 4.74 Å². The quantitative estimate of drug-likeness (QED) is 0.381. The lowest BCUT2D eigenvalue weighted by Gasteiger charge is -2.26. The maximum absolute atomic E-state index is 11.9. The van der Waals surface area contributed by atoms with Crippen LogP contribution in [0, 0.1) is 11.8 Å². The first-order valence-electron chi connectivity index (χ1n) is 9.39. The van der Waals surface area contributed by atoms with Gasteiger partial charge in [0.2, 0.25) is 5.91 Å². The highest BCUT2D eigenvalue weighted by Crippen LogP contribution is 2.29. The minimum atomic E-state index is -0.255. The number of ether oxygens (including phenoxy) is 1. The second-order valence-corrected chi connectivity index (χ2v) is 7.02. The van der Waals surface area contributed by atoms with E-state index in [1.165, 1.54) is 24.2 Å². The largest absolute Gasteiger partial charge is 0.469 e. The molecule has 1 fully saturated rings. The number of unbranched alkanes of at least 4 members (excludes halogenated alkanes) is 2. The third-order valence-corrected chi connectivity index (χ3v) is 5.16. The van der Waals surface area contributed by atoms with Crippen LogP contribution in [-0.4, -0.2) is 48.8 Å². The molecular weight excluding hydrogens is 336 g/mol. The molecule has 0 saturated heterocycles. The number of rotatable bonds is 9. The fraction of sp³-hybridized carbons (Fsp3) is 0.684. The van der Waals surface area contributed by atoms with Crippen LogP contribution < -0.4 is 5.32 Å². The summed E-state index contributed by atoms with van der Waals surface area (Å²) < 4.78 is 4.78. The summed E-state index contributed by atoms with van der Waals surface area (Å²) in [5, 5.41) is 2.97. The van der Waals surface area contributed by atoms with Gasteiger partial charge in [0.05, 0.1) is 13.0 Å². The van der Waals surface area contributed by atoms with Gasteiger partial charge >= 0.3 is 5.97 Å². The number of amides is 3. The van der Waals surface area contributed by atoms with Crippen molar-refractivity contribution >= 4 is 23.7 Å². The average molecular weight is 364 g/mol. The zero-order valence-electron chi connectivity index (χ0n) is 15.4. The van der Waals surface area contributed by atoms with Crippen LogP contribution in [-0.2, 0) is 23.9 Å². The lowest BCUT2D eigenvalue weighted by atomic mass is 9.82. The molecule has 2 rings (SSSR count). The van der Waals surface area contributed by atoms with E-state index in [9.17, 15) is 19.2 Å². The fourth-order valence-electron chi connectivity index (χ4n) is 3.50. The van der Waals surface area contributed by atoms with Crippen molar-refractivity contribution in [2.75, 3.05) is 20.2 Å². The van der Waals surface area contributed by atoms with Crippen LogP contribution in [0.25, 0.3) is 0 Å². The van der Waals surface area contributed by atoms with Gasteiger partial charge in [-0.05, 0) is 44.4 Å². The van der Waals surface area contributed by atoms with Crippen molar-refractivity contribution in [2.45, 2.75) is 51.4 Å². The first-order valence-corrected chi connectivity index (χ1v) is 9.39. The number of carbonyl (C=O) groups is 4. The molecule has 1 aliphatic carbocycles. The van der Waals surface area contributed by atoms with Crippen LogP contribution in [0.15, 0.2) is 12.2 Å². The van der Waals surface area contributed by atoms with Gasteiger partial charge in [0.25, 0.3) is 11.8 Å². The minimum Gasteiger partial charge on any atom is -0.469 e. The van der Waals surface area contributed by atoms with Crippen molar-refractivity contribution in [3.8, 4) is 0 Å². The molecule has 3 amide bonds. The summed E-state index contributed by atoms with van der Waals surface area (Å²) in [6.07, 6.45) is 8.81. The molecule has 26 heavy (non-hydrogen) atoms. The number of nitrogens with one attached hydrogen (secondary N) is 1. The second-order valence-electron chi connectivity index (χ2n) is 7.02. The Morgan fingerprint density at radius 1 is 1.08 bits per heavy atom. The summed E-state index contributed by atoms with van der Waals surface area (Å²) in [7, 11) is 1.42. The second kappa shape index (κ2) is 10.1. The van der Waals surface area contributed by atoms with Crippen LogP contribution >= 0.6 is 0 Å². The first kappa shape index (κ1) is 20.1. The fourth-order valence-corrected chi connectivity index (χ4v) is 3.50. The van der Waals surface area contributed by atoms with E-state index in [2.05, 4.69) is 5.32 Å². The number of imide groups is 1. The molecule has 0 atom stereocenters. The van der Waals surface area contributed by atoms with Crippen molar-refractivity contribution in [3.05, 3.63) is 12.2 Å². The Morgan fingerprint density at radius 2 is 1.73 bits per heavy atom. The van der Waals surface area contributed by atoms with E-state index in [0.29, 0.717) is 31.8 Å². The Bertz CT molecular complexity index is 546. The van der Waals surface area contributed by atoms with E-state index < -0.39 is 0 Å². The van der Waals surface area contributed by atoms with Crippen LogP contribution in [0.1, 0.15) is 51.4 Å². The number of hydrogen-bond acceptors (Lipinski definition) is 5. The number of hydrogen-bond donors (Lipinski definition) is 1. The SMILES string of the molecule is COC(=O)C1CCC(CNC(=O)CCCCCN2C(=O)C=CC2=O)CC1. The smallest absolute Gasteiger partial charge is 0.308 e. The van der Waals surface area contributed by atoms with Gasteiger partial charge in [0, 0.05) is 31.7 Å². The standard InChI is InChI=1S/C19H28N2O5/c1-26-19(25)15-8-6-14(7-9-15)13-20-16(22)5-3-2-4-12-21-17(23)10-11-18(21)24/h10-11,14-15H,2-9,12-13H2,1H3,(H,20,22). The predicted molar refractivity (Wildman–Crippen MR) is 94.8 cm³/mol. The van der Waals surface area contributed by atoms with Crippen LogP contribution in [0.3, 0.4) is 0 Å². The van der Waals surface area contributed by atoms with E-state index in [-0.39, 0.29) is 29.6 Å². The normalized spacial score (nSPS) is 22.6. The lowest BCUT2D eigenvalue weighted by Crippen LogP contribution is -2.32. The Morgan fingerprint density at radius 3 is 2.35 bits per heavy atom. The molecule has 0 radical (unpaired) electrons. The first-order chi connectivity index (χ1) is 12.5. The van der Waals surface area contributed by atoms with Gasteiger partial charge in [-0.25, -0.2) is 0 Å². The number of nitrogens with zero attached hydrogens (tertiary/aromatic N) is 1. The molecule has 1 heterocycles. The highest BCUT2D eigenvalue weighted by atomic mass is 16.5. The molecule has 0 unspecified atom stereocenters. The van der Waals surface area contributed by atoms with E-state index in [1.807, 2.05) is 0 Å². The molecule has 0 aromatic heterocycles. The summed E-state index contributed by atoms with van der Waals surface area (Å²) in [6, 6.07) is 0. The summed E-state index contributed by atoms with van der Waals surface area (Å²) in [5.41, 5.74) is 0. The maximum Gasteiger partial charge on any atom is 0.308 e. The van der Waals surface area contributed by atoms with Crippen LogP contribution in [0.2, 0.25) is 0 Å². The number of carbonyl (C=O) groups excluding carboxylic acids is 4. The molecule has 0 aromatic rings. The highest BCUT2D eigenvalue weighted by molar-refractivity contribution is 6.12. The average Bonchev–Trinajstić information content (AvgIpc) is 2.97. The Kier molecular flexibility index (Phi) is 7.81. The molecule has 144 valence electrons. The van der Waals surface area contributed by atoms with E-state index in [1.54, 1.807) is 0 Å². The molecule has 1 aliphatic heterocycles. The van der Waals surface area contributed by atoms with Crippen LogP contribution in [0.5, 0.6) is 0 Å². The molecule has 0 bridgehead atoms. The predicted octanol–water partition coefficient (Wildman–Crippen LogP) is 1.57. The number of methoxy groups -OCH3 is 1. The number of esters is 1. The lowest BCUT2D eigenvalue weighted by molar-refractivity contribution is -0.147. The minimum absolute atomic E-state index is 0.0107. The van der Waals surface area contributed by atoms with Gasteiger partial charge in [0.15, 0.2) is 0 Å². The third kappa shape index (κ3) is 5.97. The van der Waals surface area contributed by atoms with Gasteiger partial charge in [0.1, 0.15) is 0 Å². The molecule has 1 N–H and O–H groups in total. The van der Waals surface area contributed by atoms with Crippen molar-refractivity contribution in [1.29, 1.82) is 0 Å². The van der Waals surface area contributed by atoms with Gasteiger partial charge in [-0.1, -0.05) is 6.42 Å². The summed E-state index contributed by atoms with van der Waals surface area (Å²) >= 11 is 0. The third-order valence-electron chi connectivity index (χ3n) is 5.16. The van der Waals surface area contributed by atoms with Crippen LogP contribution in [0.4, 0.5) is 0 Å². The van der Waals surface area contributed by atoms with E-state index in [0.717, 1.165) is 38.5 Å². The molecule has 7 nitrogen and oxygen atoms in total.